The Labute approximate surface area is 122 Å². The molecule has 1 heterocycles. The molecule has 0 N–H and O–H groups in total. The van der Waals surface area contributed by atoms with Crippen molar-refractivity contribution in [1.82, 2.24) is 9.78 Å². The highest BCUT2D eigenvalue weighted by molar-refractivity contribution is 6.20. The molecule has 0 spiro atoms. The molecule has 2 nitrogen and oxygen atoms in total. The Hall–Kier alpha value is -1.42. The van der Waals surface area contributed by atoms with Gasteiger partial charge in [-0.1, -0.05) is 13.0 Å². The van der Waals surface area contributed by atoms with Crippen molar-refractivity contribution in [2.75, 3.05) is 0 Å². The third-order valence-electron chi connectivity index (χ3n) is 3.44. The number of halogens is 3. The lowest BCUT2D eigenvalue weighted by Crippen LogP contribution is -2.06. The number of alkyl halides is 1. The molecule has 0 bridgehead atoms. The number of nitrogens with zero attached hydrogens (tertiary/aromatic N) is 2. The van der Waals surface area contributed by atoms with E-state index in [0.717, 1.165) is 29.4 Å². The zero-order chi connectivity index (χ0) is 14.9. The van der Waals surface area contributed by atoms with Crippen LogP contribution in [-0.4, -0.2) is 9.78 Å². The summed E-state index contributed by atoms with van der Waals surface area (Å²) in [6, 6.07) is 3.58. The van der Waals surface area contributed by atoms with Gasteiger partial charge in [0.1, 0.15) is 11.6 Å². The van der Waals surface area contributed by atoms with Crippen LogP contribution in [0.2, 0.25) is 0 Å². The number of rotatable bonds is 4. The van der Waals surface area contributed by atoms with Gasteiger partial charge in [0, 0.05) is 22.9 Å². The molecule has 2 rings (SSSR count). The highest BCUT2D eigenvalue weighted by atomic mass is 35.5. The average Bonchev–Trinajstić information content (AvgIpc) is 2.67. The molecule has 0 radical (unpaired) electrons. The van der Waals surface area contributed by atoms with Gasteiger partial charge in [-0.05, 0) is 26.3 Å². The van der Waals surface area contributed by atoms with E-state index in [1.54, 1.807) is 4.68 Å². The summed E-state index contributed by atoms with van der Waals surface area (Å²) in [5.41, 5.74) is 3.18. The first-order valence-electron chi connectivity index (χ1n) is 6.56. The topological polar surface area (TPSA) is 17.8 Å². The maximum absolute atomic E-state index is 13.7. The fraction of sp³-hybridized carbons (Fsp3) is 0.400. The summed E-state index contributed by atoms with van der Waals surface area (Å²) in [5.74, 6) is -1.14. The van der Waals surface area contributed by atoms with Crippen LogP contribution in [0, 0.1) is 25.5 Å². The molecule has 2 aromatic rings. The van der Waals surface area contributed by atoms with Gasteiger partial charge >= 0.3 is 0 Å². The standard InChI is InChI=1S/C15H17ClF2N2/c1-4-13(16)15-9(2)19-20(10(15)3)8-11-5-6-12(17)7-14(11)18/h5-7,13H,4,8H2,1-3H3. The van der Waals surface area contributed by atoms with Gasteiger partial charge in [0.05, 0.1) is 17.6 Å². The maximum atomic E-state index is 13.7. The smallest absolute Gasteiger partial charge is 0.131 e. The van der Waals surface area contributed by atoms with Gasteiger partial charge in [-0.2, -0.15) is 5.10 Å². The monoisotopic (exact) mass is 298 g/mol. The van der Waals surface area contributed by atoms with E-state index in [0.29, 0.717) is 5.56 Å². The van der Waals surface area contributed by atoms with E-state index in [1.807, 2.05) is 20.8 Å². The fourth-order valence-electron chi connectivity index (χ4n) is 2.33. The largest absolute Gasteiger partial charge is 0.265 e. The van der Waals surface area contributed by atoms with E-state index >= 15 is 0 Å². The molecule has 108 valence electrons. The molecule has 1 atom stereocenters. The molecule has 0 saturated carbocycles. The lowest BCUT2D eigenvalue weighted by atomic mass is 10.1. The molecule has 0 fully saturated rings. The van der Waals surface area contributed by atoms with Gasteiger partial charge < -0.3 is 0 Å². The molecule has 5 heteroatoms. The van der Waals surface area contributed by atoms with Crippen molar-refractivity contribution < 1.29 is 8.78 Å². The predicted octanol–water partition coefficient (Wildman–Crippen LogP) is 4.52. The van der Waals surface area contributed by atoms with Gasteiger partial charge in [0.15, 0.2) is 0 Å². The zero-order valence-corrected chi connectivity index (χ0v) is 12.5. The van der Waals surface area contributed by atoms with Crippen LogP contribution < -0.4 is 0 Å². The minimum Gasteiger partial charge on any atom is -0.265 e. The van der Waals surface area contributed by atoms with E-state index < -0.39 is 11.6 Å². The summed E-state index contributed by atoms with van der Waals surface area (Å²) in [4.78, 5) is 0. The predicted molar refractivity (Wildman–Crippen MR) is 76.0 cm³/mol. The van der Waals surface area contributed by atoms with E-state index in [4.69, 9.17) is 11.6 Å². The Balaban J connectivity index is 2.35. The summed E-state index contributed by atoms with van der Waals surface area (Å²) < 4.78 is 28.3. The molecule has 0 aliphatic carbocycles. The molecule has 1 unspecified atom stereocenters. The molecule has 0 aliphatic rings. The molecule has 0 aliphatic heterocycles. The first-order valence-corrected chi connectivity index (χ1v) is 6.99. The van der Waals surface area contributed by atoms with Gasteiger partial charge in [0.25, 0.3) is 0 Å². The summed E-state index contributed by atoms with van der Waals surface area (Å²) in [5, 5.41) is 4.31. The first-order chi connectivity index (χ1) is 9.43. The van der Waals surface area contributed by atoms with E-state index in [-0.39, 0.29) is 11.9 Å². The van der Waals surface area contributed by atoms with Crippen molar-refractivity contribution in [3.05, 3.63) is 52.3 Å². The van der Waals surface area contributed by atoms with Crippen LogP contribution in [0.5, 0.6) is 0 Å². The van der Waals surface area contributed by atoms with Crippen LogP contribution in [0.4, 0.5) is 8.78 Å². The van der Waals surface area contributed by atoms with Crippen LogP contribution in [-0.2, 0) is 6.54 Å². The molecule has 0 saturated heterocycles. The Kier molecular flexibility index (Phi) is 4.43. The van der Waals surface area contributed by atoms with Crippen molar-refractivity contribution in [2.45, 2.75) is 39.1 Å². The zero-order valence-electron chi connectivity index (χ0n) is 11.8. The number of hydrogen-bond donors (Lipinski definition) is 0. The highest BCUT2D eigenvalue weighted by Gasteiger charge is 2.18. The van der Waals surface area contributed by atoms with Crippen LogP contribution in [0.1, 0.15) is 41.2 Å². The summed E-state index contributed by atoms with van der Waals surface area (Å²) in [6.45, 7) is 6.09. The van der Waals surface area contributed by atoms with Gasteiger partial charge in [0.2, 0.25) is 0 Å². The van der Waals surface area contributed by atoms with E-state index in [1.165, 1.54) is 12.1 Å². The second-order valence-electron chi connectivity index (χ2n) is 4.85. The molecule has 20 heavy (non-hydrogen) atoms. The molecule has 0 amide bonds. The molecular weight excluding hydrogens is 282 g/mol. The molecular formula is C15H17ClF2N2. The average molecular weight is 299 g/mol. The van der Waals surface area contributed by atoms with Crippen LogP contribution in [0.15, 0.2) is 18.2 Å². The fourth-order valence-corrected chi connectivity index (χ4v) is 2.65. The number of hydrogen-bond acceptors (Lipinski definition) is 1. The Morgan fingerprint density at radius 2 is 2.00 bits per heavy atom. The van der Waals surface area contributed by atoms with Crippen molar-refractivity contribution in [2.24, 2.45) is 0 Å². The Bertz CT molecular complexity index is 623. The number of aryl methyl sites for hydroxylation is 1. The third-order valence-corrected chi connectivity index (χ3v) is 3.97. The first kappa shape index (κ1) is 15.0. The van der Waals surface area contributed by atoms with Crippen molar-refractivity contribution >= 4 is 11.6 Å². The summed E-state index contributed by atoms with van der Waals surface area (Å²) >= 11 is 6.29. The Morgan fingerprint density at radius 3 is 2.60 bits per heavy atom. The normalized spacial score (nSPS) is 12.7. The van der Waals surface area contributed by atoms with Gasteiger partial charge in [-0.15, -0.1) is 11.6 Å². The number of benzene rings is 1. The molecule has 1 aromatic heterocycles. The van der Waals surface area contributed by atoms with Crippen LogP contribution in [0.3, 0.4) is 0 Å². The number of aromatic nitrogens is 2. The van der Waals surface area contributed by atoms with Gasteiger partial charge in [-0.25, -0.2) is 8.78 Å². The lowest BCUT2D eigenvalue weighted by molar-refractivity contribution is 0.555. The minimum atomic E-state index is -0.577. The molecule has 1 aromatic carbocycles. The summed E-state index contributed by atoms with van der Waals surface area (Å²) in [6.07, 6.45) is 0.805. The lowest BCUT2D eigenvalue weighted by Gasteiger charge is -2.09. The maximum Gasteiger partial charge on any atom is 0.131 e. The Morgan fingerprint density at radius 1 is 1.30 bits per heavy atom. The summed E-state index contributed by atoms with van der Waals surface area (Å²) in [7, 11) is 0. The van der Waals surface area contributed by atoms with Gasteiger partial charge in [-0.3, -0.25) is 4.68 Å². The SMILES string of the molecule is CCC(Cl)c1c(C)nn(Cc2ccc(F)cc2F)c1C. The van der Waals surface area contributed by atoms with Crippen molar-refractivity contribution in [1.29, 1.82) is 0 Å². The quantitative estimate of drug-likeness (QED) is 0.759. The van der Waals surface area contributed by atoms with E-state index in [9.17, 15) is 8.78 Å². The second-order valence-corrected chi connectivity index (χ2v) is 5.38. The van der Waals surface area contributed by atoms with E-state index in [2.05, 4.69) is 5.10 Å². The van der Waals surface area contributed by atoms with Crippen LogP contribution in [0.25, 0.3) is 0 Å². The minimum absolute atomic E-state index is 0.0955. The third kappa shape index (κ3) is 2.85. The van der Waals surface area contributed by atoms with Crippen LogP contribution >= 0.6 is 11.6 Å². The van der Waals surface area contributed by atoms with Crippen molar-refractivity contribution in [3.8, 4) is 0 Å². The van der Waals surface area contributed by atoms with Crippen molar-refractivity contribution in [3.63, 3.8) is 0 Å². The highest BCUT2D eigenvalue weighted by Crippen LogP contribution is 2.29. The second kappa shape index (κ2) is 5.92.